The van der Waals surface area contributed by atoms with E-state index in [-0.39, 0.29) is 35.6 Å². The number of ketones is 1. The molecule has 1 aromatic heterocycles. The maximum atomic E-state index is 13.3. The Labute approximate surface area is 225 Å². The molecule has 0 aliphatic heterocycles. The zero-order valence-electron chi connectivity index (χ0n) is 21.3. The number of ether oxygens (including phenoxy) is 3. The smallest absolute Gasteiger partial charge is 0.305 e. The maximum absolute atomic E-state index is 13.3. The molecular formula is C31H30O6S. The summed E-state index contributed by atoms with van der Waals surface area (Å²) in [7, 11) is 1.35. The van der Waals surface area contributed by atoms with Crippen molar-refractivity contribution in [3.63, 3.8) is 0 Å². The first kappa shape index (κ1) is 25.8. The number of hydrogen-bond donors (Lipinski definition) is 1. The second kappa shape index (κ2) is 11.7. The molecule has 1 aliphatic rings. The van der Waals surface area contributed by atoms with Crippen LogP contribution in [0.2, 0.25) is 0 Å². The molecule has 6 nitrogen and oxygen atoms in total. The van der Waals surface area contributed by atoms with E-state index in [1.165, 1.54) is 17.9 Å². The number of fused-ring (bicyclic) bond motifs is 1. The zero-order valence-corrected chi connectivity index (χ0v) is 22.1. The van der Waals surface area contributed by atoms with Gasteiger partial charge in [0.1, 0.15) is 23.9 Å². The van der Waals surface area contributed by atoms with E-state index in [0.717, 1.165) is 42.2 Å². The van der Waals surface area contributed by atoms with Gasteiger partial charge in [0.05, 0.1) is 18.8 Å². The molecule has 1 saturated carbocycles. The van der Waals surface area contributed by atoms with Gasteiger partial charge >= 0.3 is 5.97 Å². The van der Waals surface area contributed by atoms with E-state index in [9.17, 15) is 14.7 Å². The highest BCUT2D eigenvalue weighted by Crippen LogP contribution is 2.32. The predicted molar refractivity (Wildman–Crippen MR) is 147 cm³/mol. The van der Waals surface area contributed by atoms with Crippen molar-refractivity contribution in [3.05, 3.63) is 88.3 Å². The average Bonchev–Trinajstić information content (AvgIpc) is 3.60. The number of methoxy groups -OCH3 is 1. The van der Waals surface area contributed by atoms with Crippen LogP contribution in [0.25, 0.3) is 10.1 Å². The number of aromatic hydroxyl groups is 1. The molecule has 0 atom stereocenters. The standard InChI is InChI=1S/C31H30O6S/c1-35-30(33)15-11-20-16-21(10-14-28(20)36-18-22-19-38-29-9-5-4-8-25(22)29)31(34)26-13-12-24(17-27(26)32)37-23-6-2-3-7-23/h4-5,8-10,12-14,16-17,19,23,32H,2-3,6-7,11,15,18H2,1H3. The van der Waals surface area contributed by atoms with Gasteiger partial charge in [-0.15, -0.1) is 11.3 Å². The second-order valence-corrected chi connectivity index (χ2v) is 10.4. The van der Waals surface area contributed by atoms with Gasteiger partial charge in [-0.05, 0) is 84.8 Å². The van der Waals surface area contributed by atoms with Crippen molar-refractivity contribution in [2.45, 2.75) is 51.2 Å². The lowest BCUT2D eigenvalue weighted by atomic mass is 9.98. The third-order valence-corrected chi connectivity index (χ3v) is 7.92. The summed E-state index contributed by atoms with van der Waals surface area (Å²) in [6.07, 6.45) is 4.98. The van der Waals surface area contributed by atoms with Gasteiger partial charge in [-0.2, -0.15) is 0 Å². The van der Waals surface area contributed by atoms with Crippen LogP contribution in [0.3, 0.4) is 0 Å². The molecule has 38 heavy (non-hydrogen) atoms. The van der Waals surface area contributed by atoms with Gasteiger partial charge in [-0.3, -0.25) is 9.59 Å². The minimum absolute atomic E-state index is 0.119. The van der Waals surface area contributed by atoms with Gasteiger partial charge in [0.15, 0.2) is 5.78 Å². The molecule has 0 spiro atoms. The molecule has 0 unspecified atom stereocenters. The molecule has 5 rings (SSSR count). The predicted octanol–water partition coefficient (Wildman–Crippen LogP) is 6.84. The summed E-state index contributed by atoms with van der Waals surface area (Å²) < 4.78 is 18.1. The Hall–Kier alpha value is -3.84. The molecule has 1 fully saturated rings. The monoisotopic (exact) mass is 530 g/mol. The molecule has 7 heteroatoms. The third-order valence-electron chi connectivity index (χ3n) is 6.91. The van der Waals surface area contributed by atoms with Gasteiger partial charge in [0.25, 0.3) is 0 Å². The lowest BCUT2D eigenvalue weighted by molar-refractivity contribution is -0.140. The van der Waals surface area contributed by atoms with Crippen LogP contribution in [-0.2, 0) is 22.6 Å². The van der Waals surface area contributed by atoms with E-state index in [1.54, 1.807) is 41.7 Å². The Morgan fingerprint density at radius 1 is 1.00 bits per heavy atom. The summed E-state index contributed by atoms with van der Waals surface area (Å²) in [6.45, 7) is 0.367. The van der Waals surface area contributed by atoms with Gasteiger partial charge in [0, 0.05) is 28.3 Å². The summed E-state index contributed by atoms with van der Waals surface area (Å²) in [6, 6.07) is 18.2. The number of esters is 1. The average molecular weight is 531 g/mol. The van der Waals surface area contributed by atoms with Crippen LogP contribution in [0.4, 0.5) is 0 Å². The first-order valence-electron chi connectivity index (χ1n) is 12.8. The van der Waals surface area contributed by atoms with Crippen molar-refractivity contribution >= 4 is 33.2 Å². The molecule has 0 saturated heterocycles. The minimum Gasteiger partial charge on any atom is -0.507 e. The first-order chi connectivity index (χ1) is 18.5. The van der Waals surface area contributed by atoms with Gasteiger partial charge in [-0.1, -0.05) is 18.2 Å². The number of rotatable bonds is 10. The summed E-state index contributed by atoms with van der Waals surface area (Å²) in [4.78, 5) is 25.2. The minimum atomic E-state index is -0.341. The molecule has 196 valence electrons. The van der Waals surface area contributed by atoms with E-state index in [2.05, 4.69) is 17.5 Å². The Bertz CT molecular complexity index is 1450. The fourth-order valence-electron chi connectivity index (χ4n) is 4.83. The zero-order chi connectivity index (χ0) is 26.5. The Balaban J connectivity index is 1.36. The third kappa shape index (κ3) is 5.83. The van der Waals surface area contributed by atoms with E-state index in [4.69, 9.17) is 14.2 Å². The molecule has 0 amide bonds. The number of benzene rings is 3. The number of hydrogen-bond acceptors (Lipinski definition) is 7. The lowest BCUT2D eigenvalue weighted by Crippen LogP contribution is -2.11. The number of carbonyl (C=O) groups is 2. The molecule has 0 radical (unpaired) electrons. The first-order valence-corrected chi connectivity index (χ1v) is 13.7. The van der Waals surface area contributed by atoms with Crippen LogP contribution in [0.1, 0.15) is 59.2 Å². The summed E-state index contributed by atoms with van der Waals surface area (Å²) >= 11 is 1.67. The number of phenolic OH excluding ortho intramolecular Hbond substituents is 1. The highest BCUT2D eigenvalue weighted by atomic mass is 32.1. The molecular weight excluding hydrogens is 500 g/mol. The molecule has 3 aromatic carbocycles. The van der Waals surface area contributed by atoms with Crippen LogP contribution in [0, 0.1) is 0 Å². The van der Waals surface area contributed by atoms with E-state index in [1.807, 2.05) is 12.1 Å². The van der Waals surface area contributed by atoms with E-state index >= 15 is 0 Å². The molecule has 1 aliphatic carbocycles. The number of aryl methyl sites for hydroxylation is 1. The van der Waals surface area contributed by atoms with Crippen molar-refractivity contribution in [1.29, 1.82) is 0 Å². The fraction of sp³-hybridized carbons (Fsp3) is 0.290. The van der Waals surface area contributed by atoms with Crippen molar-refractivity contribution in [1.82, 2.24) is 0 Å². The topological polar surface area (TPSA) is 82.1 Å². The summed E-state index contributed by atoms with van der Waals surface area (Å²) in [5.41, 5.74) is 2.40. The Kier molecular flexibility index (Phi) is 7.94. The number of carbonyl (C=O) groups excluding carboxylic acids is 2. The van der Waals surface area contributed by atoms with Crippen molar-refractivity contribution in [2.75, 3.05) is 7.11 Å². The highest BCUT2D eigenvalue weighted by molar-refractivity contribution is 7.17. The largest absolute Gasteiger partial charge is 0.507 e. The summed E-state index contributed by atoms with van der Waals surface area (Å²) in [5.74, 6) is 0.391. The van der Waals surface area contributed by atoms with Crippen LogP contribution in [-0.4, -0.2) is 30.1 Å². The molecule has 4 aromatic rings. The SMILES string of the molecule is COC(=O)CCc1cc(C(=O)c2ccc(OC3CCCC3)cc2O)ccc1OCc1csc2ccccc12. The second-order valence-electron chi connectivity index (χ2n) is 9.48. The lowest BCUT2D eigenvalue weighted by Gasteiger charge is -2.15. The van der Waals surface area contributed by atoms with Crippen molar-refractivity contribution in [3.8, 4) is 17.2 Å². The van der Waals surface area contributed by atoms with E-state index in [0.29, 0.717) is 30.1 Å². The van der Waals surface area contributed by atoms with E-state index < -0.39 is 0 Å². The van der Waals surface area contributed by atoms with Crippen LogP contribution < -0.4 is 9.47 Å². The van der Waals surface area contributed by atoms with Crippen LogP contribution >= 0.6 is 11.3 Å². The fourth-order valence-corrected chi connectivity index (χ4v) is 5.77. The van der Waals surface area contributed by atoms with Gasteiger partial charge in [0.2, 0.25) is 0 Å². The van der Waals surface area contributed by atoms with Gasteiger partial charge < -0.3 is 19.3 Å². The Morgan fingerprint density at radius 2 is 1.82 bits per heavy atom. The van der Waals surface area contributed by atoms with Crippen molar-refractivity contribution in [2.24, 2.45) is 0 Å². The highest BCUT2D eigenvalue weighted by Gasteiger charge is 2.20. The maximum Gasteiger partial charge on any atom is 0.305 e. The molecule has 0 bridgehead atoms. The van der Waals surface area contributed by atoms with Crippen LogP contribution in [0.15, 0.2) is 66.0 Å². The number of thiophene rings is 1. The van der Waals surface area contributed by atoms with Gasteiger partial charge in [-0.25, -0.2) is 0 Å². The summed E-state index contributed by atoms with van der Waals surface area (Å²) in [5, 5.41) is 13.9. The quantitative estimate of drug-likeness (QED) is 0.178. The van der Waals surface area contributed by atoms with Crippen LogP contribution in [0.5, 0.6) is 17.2 Å². The van der Waals surface area contributed by atoms with Crippen molar-refractivity contribution < 1.29 is 28.9 Å². The number of phenols is 1. The molecule has 1 heterocycles. The normalized spacial score (nSPS) is 13.5. The Morgan fingerprint density at radius 3 is 2.61 bits per heavy atom. The molecule has 1 N–H and O–H groups in total.